The van der Waals surface area contributed by atoms with Gasteiger partial charge in [-0.2, -0.15) is 0 Å². The third kappa shape index (κ3) is 5.27. The number of hydrogen-bond acceptors (Lipinski definition) is 12. The van der Waals surface area contributed by atoms with Crippen LogP contribution < -0.4 is 0 Å². The maximum atomic E-state index is 13.5. The Balaban J connectivity index is 1.22. The monoisotopic (exact) mass is 656 g/mol. The van der Waals surface area contributed by atoms with Gasteiger partial charge in [-0.05, 0) is 24.3 Å². The van der Waals surface area contributed by atoms with Crippen LogP contribution in [0.1, 0.15) is 12.5 Å². The molecule has 14 nitrogen and oxygen atoms in total. The molecule has 4 bridgehead atoms. The van der Waals surface area contributed by atoms with Crippen LogP contribution in [0.5, 0.6) is 0 Å². The molecule has 0 saturated carbocycles. The third-order valence-corrected chi connectivity index (χ3v) is 10.7. The SMILES string of the molecule is O=P1(S)OCC2OC(n3cnc4ccccc43)C(OP(=O)(S)OCC3OC(n4cnc5ccccc54)C(O1)C3O)C2O. The van der Waals surface area contributed by atoms with Gasteiger partial charge < -0.3 is 28.8 Å². The maximum absolute atomic E-state index is 13.5. The number of fused-ring (bicyclic) bond motifs is 6. The van der Waals surface area contributed by atoms with Gasteiger partial charge >= 0.3 is 13.6 Å². The van der Waals surface area contributed by atoms with E-state index >= 15 is 0 Å². The highest BCUT2D eigenvalue weighted by Crippen LogP contribution is 2.60. The summed E-state index contributed by atoms with van der Waals surface area (Å²) in [5, 5.41) is 22.4. The normalized spacial score (nSPS) is 39.5. The number of thiol groups is 2. The van der Waals surface area contributed by atoms with Gasteiger partial charge in [-0.15, -0.1) is 0 Å². The molecular formula is C24H26N4O10P2S2. The van der Waals surface area contributed by atoms with Gasteiger partial charge in [-0.3, -0.25) is 18.1 Å². The first-order valence-electron chi connectivity index (χ1n) is 12.9. The minimum absolute atomic E-state index is 0.450. The molecule has 2 N–H and O–H groups in total. The zero-order valence-electron chi connectivity index (χ0n) is 21.5. The van der Waals surface area contributed by atoms with Crippen molar-refractivity contribution in [2.45, 2.75) is 49.1 Å². The largest absolute Gasteiger partial charge is 0.387 e. The predicted octanol–water partition coefficient (Wildman–Crippen LogP) is 3.50. The van der Waals surface area contributed by atoms with E-state index in [1.54, 1.807) is 45.5 Å². The molecule has 2 aromatic carbocycles. The number of rotatable bonds is 2. The number of aliphatic hydroxyl groups excluding tert-OH is 2. The second-order valence-electron chi connectivity index (χ2n) is 10.1. The molecule has 5 heterocycles. The first-order chi connectivity index (χ1) is 20.1. The molecule has 3 saturated heterocycles. The third-order valence-electron chi connectivity index (χ3n) is 7.45. The van der Waals surface area contributed by atoms with Crippen LogP contribution >= 0.6 is 38.1 Å². The van der Waals surface area contributed by atoms with Crippen molar-refractivity contribution >= 4 is 60.2 Å². The number of para-hydroxylation sites is 4. The Labute approximate surface area is 249 Å². The van der Waals surface area contributed by atoms with Crippen LogP contribution in [0.25, 0.3) is 22.1 Å². The lowest BCUT2D eigenvalue weighted by molar-refractivity contribution is -0.0582. The van der Waals surface area contributed by atoms with Crippen molar-refractivity contribution in [1.29, 1.82) is 0 Å². The number of ether oxygens (including phenoxy) is 2. The van der Waals surface area contributed by atoms with Crippen molar-refractivity contribution in [2.75, 3.05) is 13.2 Å². The second kappa shape index (κ2) is 11.0. The Bertz CT molecular complexity index is 1600. The Morgan fingerprint density at radius 1 is 0.714 bits per heavy atom. The van der Waals surface area contributed by atoms with Crippen LogP contribution in [0, 0.1) is 0 Å². The van der Waals surface area contributed by atoms with Crippen LogP contribution in [0.15, 0.2) is 61.2 Å². The topological polar surface area (TPSA) is 166 Å². The first kappa shape index (κ1) is 29.0. The fraction of sp³-hybridized carbons (Fsp3) is 0.417. The first-order valence-corrected chi connectivity index (χ1v) is 18.3. The summed E-state index contributed by atoms with van der Waals surface area (Å²) in [5.41, 5.74) is 2.63. The molecule has 3 aliphatic rings. The Kier molecular flexibility index (Phi) is 7.57. The minimum atomic E-state index is -4.19. The van der Waals surface area contributed by atoms with Crippen LogP contribution in [0.3, 0.4) is 0 Å². The van der Waals surface area contributed by atoms with Gasteiger partial charge in [0.05, 0.1) is 47.9 Å². The lowest BCUT2D eigenvalue weighted by atomic mass is 10.1. The highest BCUT2D eigenvalue weighted by atomic mass is 32.7. The molecule has 0 aliphatic carbocycles. The molecular weight excluding hydrogens is 630 g/mol. The fourth-order valence-electron chi connectivity index (χ4n) is 5.45. The molecule has 18 heteroatoms. The molecule has 3 aliphatic heterocycles. The molecule has 0 amide bonds. The molecule has 10 unspecified atom stereocenters. The van der Waals surface area contributed by atoms with E-state index in [-0.39, 0.29) is 0 Å². The highest BCUT2D eigenvalue weighted by molar-refractivity contribution is 8.44. The second-order valence-corrected chi connectivity index (χ2v) is 15.8. The summed E-state index contributed by atoms with van der Waals surface area (Å²) < 4.78 is 64.9. The molecule has 4 aromatic rings. The highest BCUT2D eigenvalue weighted by Gasteiger charge is 2.53. The van der Waals surface area contributed by atoms with Crippen LogP contribution in [0.4, 0.5) is 0 Å². The van der Waals surface area contributed by atoms with Gasteiger partial charge in [0.15, 0.2) is 12.5 Å². The zero-order chi connectivity index (χ0) is 29.2. The van der Waals surface area contributed by atoms with Crippen molar-refractivity contribution in [3.63, 3.8) is 0 Å². The van der Waals surface area contributed by atoms with Crippen molar-refractivity contribution in [3.05, 3.63) is 61.2 Å². The summed E-state index contributed by atoms with van der Waals surface area (Å²) in [4.78, 5) is 8.70. The molecule has 42 heavy (non-hydrogen) atoms. The van der Waals surface area contributed by atoms with Gasteiger partial charge in [-0.25, -0.2) is 19.1 Å². The molecule has 224 valence electrons. The van der Waals surface area contributed by atoms with E-state index in [0.717, 1.165) is 0 Å². The van der Waals surface area contributed by atoms with Crippen molar-refractivity contribution < 1.29 is 46.9 Å². The lowest BCUT2D eigenvalue weighted by Crippen LogP contribution is -2.37. The van der Waals surface area contributed by atoms with Gasteiger partial charge in [0.25, 0.3) is 0 Å². The molecule has 3 fully saturated rings. The number of benzene rings is 2. The Hall–Kier alpha value is -1.78. The number of imidazole rings is 2. The van der Waals surface area contributed by atoms with Gasteiger partial charge in [-0.1, -0.05) is 48.8 Å². The van der Waals surface area contributed by atoms with Crippen molar-refractivity contribution in [1.82, 2.24) is 19.1 Å². The molecule has 7 rings (SSSR count). The van der Waals surface area contributed by atoms with Crippen molar-refractivity contribution in [3.8, 4) is 0 Å². The summed E-state index contributed by atoms with van der Waals surface area (Å²) in [7, 11) is 0. The summed E-state index contributed by atoms with van der Waals surface area (Å²) in [6, 6.07) is 14.4. The standard InChI is InChI=1S/C24H26N4O10P2S2/c29-19-17-9-33-40(32,42)38-22-20(30)18(36-24(22)28-12-26-14-6-2-4-8-16(14)28)10-34-39(31,41)37-21(19)23(35-17)27-11-25-13-5-1-3-7-15(13)27/h1-8,11-12,17-24,29-30H,9-10H2,(H,31,41)(H,32,42). The number of aromatic nitrogens is 4. The average molecular weight is 657 g/mol. The predicted molar refractivity (Wildman–Crippen MR) is 154 cm³/mol. The van der Waals surface area contributed by atoms with Crippen molar-refractivity contribution in [2.24, 2.45) is 0 Å². The van der Waals surface area contributed by atoms with E-state index in [0.29, 0.717) is 22.1 Å². The fourth-order valence-corrected chi connectivity index (χ4v) is 8.37. The quantitative estimate of drug-likeness (QED) is 0.184. The Morgan fingerprint density at radius 3 is 1.55 bits per heavy atom. The van der Waals surface area contributed by atoms with Crippen LogP contribution in [-0.4, -0.2) is 79.2 Å². The number of nitrogens with zero attached hydrogens (tertiary/aromatic N) is 4. The minimum Gasteiger partial charge on any atom is -0.387 e. The molecule has 10 atom stereocenters. The summed E-state index contributed by atoms with van der Waals surface area (Å²) in [6.45, 7) is -9.28. The summed E-state index contributed by atoms with van der Waals surface area (Å²) in [6.07, 6.45) is -6.68. The summed E-state index contributed by atoms with van der Waals surface area (Å²) >= 11 is 8.28. The maximum Gasteiger partial charge on any atom is 0.386 e. The molecule has 2 aromatic heterocycles. The van der Waals surface area contributed by atoms with E-state index in [1.165, 1.54) is 12.7 Å². The van der Waals surface area contributed by atoms with E-state index < -0.39 is 75.9 Å². The van der Waals surface area contributed by atoms with Gasteiger partial charge in [0.2, 0.25) is 0 Å². The van der Waals surface area contributed by atoms with E-state index in [4.69, 9.17) is 27.6 Å². The zero-order valence-corrected chi connectivity index (χ0v) is 25.1. The smallest absolute Gasteiger partial charge is 0.386 e. The van der Waals surface area contributed by atoms with Crippen LogP contribution in [0.2, 0.25) is 0 Å². The Morgan fingerprint density at radius 2 is 1.12 bits per heavy atom. The number of aliphatic hydroxyl groups is 2. The number of hydrogen-bond donors (Lipinski definition) is 4. The average Bonchev–Trinajstić information content (AvgIpc) is 3.72. The van der Waals surface area contributed by atoms with E-state index in [9.17, 15) is 19.3 Å². The van der Waals surface area contributed by atoms with Crippen LogP contribution in [-0.2, 0) is 36.7 Å². The summed E-state index contributed by atoms with van der Waals surface area (Å²) in [5.74, 6) is 0. The lowest BCUT2D eigenvalue weighted by Gasteiger charge is -2.26. The van der Waals surface area contributed by atoms with E-state index in [2.05, 4.69) is 34.5 Å². The van der Waals surface area contributed by atoms with Gasteiger partial charge in [0.1, 0.15) is 36.6 Å². The van der Waals surface area contributed by atoms with Gasteiger partial charge in [0, 0.05) is 0 Å². The van der Waals surface area contributed by atoms with E-state index in [1.807, 2.05) is 12.1 Å². The molecule has 0 spiro atoms. The molecule has 0 radical (unpaired) electrons.